The molecule has 0 unspecified atom stereocenters. The zero-order chi connectivity index (χ0) is 13.1. The van der Waals surface area contributed by atoms with Crippen LogP contribution in [0.3, 0.4) is 0 Å². The maximum atomic E-state index is 10.4. The van der Waals surface area contributed by atoms with Crippen LogP contribution in [0.1, 0.15) is 0 Å². The number of hydrogen-bond donors (Lipinski definition) is 3. The second-order valence-corrected chi connectivity index (χ2v) is 3.45. The predicted molar refractivity (Wildman–Crippen MR) is 57.9 cm³/mol. The van der Waals surface area contributed by atoms with E-state index in [4.69, 9.17) is 14.6 Å². The lowest BCUT2D eigenvalue weighted by atomic mass is 9.95. The third-order valence-corrected chi connectivity index (χ3v) is 2.40. The Morgan fingerprint density at radius 3 is 2.41 bits per heavy atom. The SMILES string of the molecule is COC1(OC)C=C(/C=C/C(=O)O)C=CC1(O)O. The van der Waals surface area contributed by atoms with Crippen LogP contribution < -0.4 is 0 Å². The van der Waals surface area contributed by atoms with E-state index >= 15 is 0 Å². The third kappa shape index (κ3) is 2.62. The molecule has 0 aromatic carbocycles. The fraction of sp³-hybridized carbons (Fsp3) is 0.364. The summed E-state index contributed by atoms with van der Waals surface area (Å²) in [7, 11) is 2.50. The van der Waals surface area contributed by atoms with Crippen molar-refractivity contribution in [2.75, 3.05) is 14.2 Å². The lowest BCUT2D eigenvalue weighted by Crippen LogP contribution is -2.55. The van der Waals surface area contributed by atoms with E-state index in [2.05, 4.69) is 0 Å². The van der Waals surface area contributed by atoms with E-state index < -0.39 is 17.5 Å². The summed E-state index contributed by atoms with van der Waals surface area (Å²) >= 11 is 0. The van der Waals surface area contributed by atoms with E-state index in [1.54, 1.807) is 0 Å². The molecule has 0 fully saturated rings. The molecule has 94 valence electrons. The first-order valence-electron chi connectivity index (χ1n) is 4.75. The molecule has 0 aromatic rings. The Morgan fingerprint density at radius 2 is 1.94 bits per heavy atom. The van der Waals surface area contributed by atoms with Gasteiger partial charge in [-0.25, -0.2) is 4.79 Å². The summed E-state index contributed by atoms with van der Waals surface area (Å²) in [6.45, 7) is 0. The van der Waals surface area contributed by atoms with Gasteiger partial charge in [-0.15, -0.1) is 0 Å². The molecule has 0 aromatic heterocycles. The lowest BCUT2D eigenvalue weighted by Gasteiger charge is -2.39. The topological polar surface area (TPSA) is 96.2 Å². The standard InChI is InChI=1S/C11H14O6/c1-16-11(17-2)7-8(3-4-9(12)13)5-6-10(11,14)15/h3-7,14-15H,1-2H3,(H,12,13)/b4-3+. The number of rotatable bonds is 4. The van der Waals surface area contributed by atoms with Crippen molar-refractivity contribution in [3.63, 3.8) is 0 Å². The van der Waals surface area contributed by atoms with Gasteiger partial charge in [0.1, 0.15) is 0 Å². The van der Waals surface area contributed by atoms with Crippen LogP contribution in [0.25, 0.3) is 0 Å². The minimum absolute atomic E-state index is 0.426. The zero-order valence-corrected chi connectivity index (χ0v) is 9.45. The molecule has 1 aliphatic carbocycles. The highest BCUT2D eigenvalue weighted by Gasteiger charge is 2.49. The Labute approximate surface area is 98.1 Å². The minimum Gasteiger partial charge on any atom is -0.478 e. The van der Waals surface area contributed by atoms with Gasteiger partial charge in [-0.2, -0.15) is 0 Å². The first-order chi connectivity index (χ1) is 7.87. The predicted octanol–water partition coefficient (Wildman–Crippen LogP) is -0.207. The minimum atomic E-state index is -2.32. The van der Waals surface area contributed by atoms with Crippen LogP contribution in [0.4, 0.5) is 0 Å². The lowest BCUT2D eigenvalue weighted by molar-refractivity contribution is -0.328. The van der Waals surface area contributed by atoms with E-state index in [0.29, 0.717) is 5.57 Å². The number of carboxylic acid groups (broad SMARTS) is 1. The van der Waals surface area contributed by atoms with Crippen LogP contribution in [0.2, 0.25) is 0 Å². The van der Waals surface area contributed by atoms with Crippen molar-refractivity contribution in [3.8, 4) is 0 Å². The average Bonchev–Trinajstić information content (AvgIpc) is 2.27. The van der Waals surface area contributed by atoms with E-state index in [1.165, 1.54) is 32.4 Å². The van der Waals surface area contributed by atoms with Crippen LogP contribution in [-0.2, 0) is 14.3 Å². The smallest absolute Gasteiger partial charge is 0.328 e. The van der Waals surface area contributed by atoms with Gasteiger partial charge in [-0.05, 0) is 23.8 Å². The highest BCUT2D eigenvalue weighted by Crippen LogP contribution is 2.33. The summed E-state index contributed by atoms with van der Waals surface area (Å²) in [4.78, 5) is 10.4. The van der Waals surface area contributed by atoms with E-state index in [0.717, 1.165) is 12.2 Å². The summed E-state index contributed by atoms with van der Waals surface area (Å²) in [5.41, 5.74) is 0.426. The van der Waals surface area contributed by atoms with Crippen molar-refractivity contribution in [2.45, 2.75) is 11.6 Å². The van der Waals surface area contributed by atoms with Gasteiger partial charge in [0.25, 0.3) is 0 Å². The maximum absolute atomic E-state index is 10.4. The molecular formula is C11H14O6. The normalized spacial score (nSPS) is 21.5. The molecule has 1 rings (SSSR count). The van der Waals surface area contributed by atoms with Crippen LogP contribution in [-0.4, -0.2) is 47.1 Å². The molecule has 0 amide bonds. The monoisotopic (exact) mass is 242 g/mol. The van der Waals surface area contributed by atoms with Crippen molar-refractivity contribution in [1.82, 2.24) is 0 Å². The highest BCUT2D eigenvalue weighted by atomic mass is 16.7. The van der Waals surface area contributed by atoms with Crippen LogP contribution >= 0.6 is 0 Å². The Bertz CT molecular complexity index is 387. The molecule has 17 heavy (non-hydrogen) atoms. The maximum Gasteiger partial charge on any atom is 0.328 e. The van der Waals surface area contributed by atoms with Gasteiger partial charge in [0.2, 0.25) is 11.6 Å². The molecule has 6 nitrogen and oxygen atoms in total. The van der Waals surface area contributed by atoms with Crippen molar-refractivity contribution < 1.29 is 29.6 Å². The number of allylic oxidation sites excluding steroid dienone is 3. The molecule has 0 aliphatic heterocycles. The number of carboxylic acids is 1. The average molecular weight is 242 g/mol. The largest absolute Gasteiger partial charge is 0.478 e. The molecule has 0 spiro atoms. The van der Waals surface area contributed by atoms with Crippen LogP contribution in [0, 0.1) is 0 Å². The molecule has 0 saturated heterocycles. The molecule has 3 N–H and O–H groups in total. The summed E-state index contributed by atoms with van der Waals surface area (Å²) in [5, 5.41) is 27.9. The number of hydrogen-bond acceptors (Lipinski definition) is 5. The van der Waals surface area contributed by atoms with E-state index in [9.17, 15) is 15.0 Å². The number of methoxy groups -OCH3 is 2. The number of ether oxygens (including phenoxy) is 2. The number of carbonyl (C=O) groups is 1. The summed E-state index contributed by atoms with van der Waals surface area (Å²) in [6.07, 6.45) is 5.92. The van der Waals surface area contributed by atoms with Crippen molar-refractivity contribution >= 4 is 5.97 Å². The van der Waals surface area contributed by atoms with Gasteiger partial charge in [0.05, 0.1) is 0 Å². The Hall–Kier alpha value is -1.47. The molecule has 1 aliphatic rings. The summed E-state index contributed by atoms with van der Waals surface area (Å²) < 4.78 is 9.90. The van der Waals surface area contributed by atoms with Gasteiger partial charge in [0, 0.05) is 20.3 Å². The van der Waals surface area contributed by atoms with Crippen LogP contribution in [0.5, 0.6) is 0 Å². The van der Waals surface area contributed by atoms with E-state index in [1.807, 2.05) is 0 Å². The number of aliphatic hydroxyl groups is 2. The second kappa shape index (κ2) is 4.80. The molecule has 0 heterocycles. The summed E-state index contributed by atoms with van der Waals surface area (Å²) in [5.74, 6) is -5.19. The van der Waals surface area contributed by atoms with E-state index in [-0.39, 0.29) is 0 Å². The van der Waals surface area contributed by atoms with Crippen molar-refractivity contribution in [3.05, 3.63) is 36.0 Å². The summed E-state index contributed by atoms with van der Waals surface area (Å²) in [6, 6.07) is 0. The second-order valence-electron chi connectivity index (χ2n) is 3.45. The molecule has 0 atom stereocenters. The number of aliphatic carboxylic acids is 1. The Kier molecular flexibility index (Phi) is 3.84. The highest BCUT2D eigenvalue weighted by molar-refractivity contribution is 5.80. The zero-order valence-electron chi connectivity index (χ0n) is 9.45. The van der Waals surface area contributed by atoms with Gasteiger partial charge >= 0.3 is 5.97 Å². The first-order valence-corrected chi connectivity index (χ1v) is 4.75. The molecular weight excluding hydrogens is 228 g/mol. The van der Waals surface area contributed by atoms with Crippen molar-refractivity contribution in [1.29, 1.82) is 0 Å². The van der Waals surface area contributed by atoms with Crippen LogP contribution in [0.15, 0.2) is 36.0 Å². The van der Waals surface area contributed by atoms with Gasteiger partial charge in [-0.3, -0.25) is 0 Å². The van der Waals surface area contributed by atoms with Gasteiger partial charge in [0.15, 0.2) is 0 Å². The molecule has 6 heteroatoms. The fourth-order valence-corrected chi connectivity index (χ4v) is 1.48. The van der Waals surface area contributed by atoms with Crippen molar-refractivity contribution in [2.24, 2.45) is 0 Å². The molecule has 0 saturated carbocycles. The first kappa shape index (κ1) is 13.6. The Morgan fingerprint density at radius 1 is 1.35 bits per heavy atom. The Balaban J connectivity index is 3.10. The molecule has 0 bridgehead atoms. The third-order valence-electron chi connectivity index (χ3n) is 2.40. The molecule has 0 radical (unpaired) electrons. The van der Waals surface area contributed by atoms with Gasteiger partial charge < -0.3 is 24.8 Å². The van der Waals surface area contributed by atoms with Gasteiger partial charge in [-0.1, -0.05) is 6.08 Å². The fourth-order valence-electron chi connectivity index (χ4n) is 1.48. The quantitative estimate of drug-likeness (QED) is 0.466.